The van der Waals surface area contributed by atoms with E-state index in [1.807, 2.05) is 30.3 Å². The Morgan fingerprint density at radius 1 is 1.16 bits per heavy atom. The van der Waals surface area contributed by atoms with Gasteiger partial charge in [-0.1, -0.05) is 43.2 Å². The van der Waals surface area contributed by atoms with Gasteiger partial charge in [0.15, 0.2) is 0 Å². The summed E-state index contributed by atoms with van der Waals surface area (Å²) in [7, 11) is -3.08. The Morgan fingerprint density at radius 3 is 2.26 bits per heavy atom. The summed E-state index contributed by atoms with van der Waals surface area (Å²) in [6, 6.07) is 9.80. The van der Waals surface area contributed by atoms with E-state index in [9.17, 15) is 13.2 Å². The Kier molecular flexibility index (Phi) is 4.09. The molecule has 1 aliphatic rings. The highest BCUT2D eigenvalue weighted by Crippen LogP contribution is 2.42. The molecule has 3 nitrogen and oxygen atoms in total. The van der Waals surface area contributed by atoms with Crippen molar-refractivity contribution in [1.82, 2.24) is 0 Å². The van der Waals surface area contributed by atoms with Gasteiger partial charge < -0.3 is 0 Å². The van der Waals surface area contributed by atoms with Crippen LogP contribution in [-0.2, 0) is 20.0 Å². The molecule has 4 heteroatoms. The van der Waals surface area contributed by atoms with Gasteiger partial charge in [-0.25, -0.2) is 8.42 Å². The Balaban J connectivity index is 2.23. The largest absolute Gasteiger partial charge is 0.299 e. The minimum Gasteiger partial charge on any atom is -0.299 e. The van der Waals surface area contributed by atoms with Gasteiger partial charge in [0.1, 0.15) is 15.6 Å². The smallest absolute Gasteiger partial charge is 0.147 e. The van der Waals surface area contributed by atoms with Gasteiger partial charge in [-0.15, -0.1) is 0 Å². The molecule has 0 atom stereocenters. The van der Waals surface area contributed by atoms with E-state index >= 15 is 0 Å². The molecule has 1 saturated carbocycles. The highest BCUT2D eigenvalue weighted by atomic mass is 32.2. The predicted molar refractivity (Wildman–Crippen MR) is 75.9 cm³/mol. The number of carbonyl (C=O) groups excluding carboxylic acids is 1. The molecule has 0 aliphatic heterocycles. The Bertz CT molecular complexity index is 540. The van der Waals surface area contributed by atoms with Crippen LogP contribution in [0.25, 0.3) is 0 Å². The lowest BCUT2D eigenvalue weighted by molar-refractivity contribution is -0.124. The highest BCUT2D eigenvalue weighted by molar-refractivity contribution is 7.90. The number of sulfone groups is 1. The normalized spacial score (nSPS) is 18.4. The van der Waals surface area contributed by atoms with E-state index in [-0.39, 0.29) is 18.0 Å². The van der Waals surface area contributed by atoms with Crippen molar-refractivity contribution in [2.45, 2.75) is 37.5 Å². The van der Waals surface area contributed by atoms with Crippen LogP contribution in [0.15, 0.2) is 30.3 Å². The molecule has 0 saturated heterocycles. The van der Waals surface area contributed by atoms with E-state index in [1.165, 1.54) is 6.26 Å². The Hall–Kier alpha value is -1.16. The average Bonchev–Trinajstić information content (AvgIpc) is 2.87. The van der Waals surface area contributed by atoms with Gasteiger partial charge in [0.25, 0.3) is 0 Å². The average molecular weight is 280 g/mol. The fraction of sp³-hybridized carbons (Fsp3) is 0.533. The predicted octanol–water partition coefficient (Wildman–Crippen LogP) is 2.50. The fourth-order valence-electron chi connectivity index (χ4n) is 2.98. The third kappa shape index (κ3) is 3.24. The minimum atomic E-state index is -3.08. The number of ketones is 1. The summed E-state index contributed by atoms with van der Waals surface area (Å²) < 4.78 is 22.5. The highest BCUT2D eigenvalue weighted by Gasteiger charge is 2.41. The van der Waals surface area contributed by atoms with E-state index < -0.39 is 15.3 Å². The van der Waals surface area contributed by atoms with Gasteiger partial charge in [-0.2, -0.15) is 0 Å². The lowest BCUT2D eigenvalue weighted by Gasteiger charge is -2.28. The maximum atomic E-state index is 12.5. The van der Waals surface area contributed by atoms with Gasteiger partial charge in [0.2, 0.25) is 0 Å². The first-order chi connectivity index (χ1) is 8.94. The second-order valence-electron chi connectivity index (χ2n) is 5.46. The summed E-state index contributed by atoms with van der Waals surface area (Å²) in [4.78, 5) is 12.5. The van der Waals surface area contributed by atoms with Crippen LogP contribution in [0.3, 0.4) is 0 Å². The number of hydrogen-bond acceptors (Lipinski definition) is 3. The molecule has 0 aromatic heterocycles. The maximum absolute atomic E-state index is 12.5. The first-order valence-corrected chi connectivity index (χ1v) is 8.77. The summed E-state index contributed by atoms with van der Waals surface area (Å²) in [5.74, 6) is 0.0436. The van der Waals surface area contributed by atoms with Gasteiger partial charge in [-0.3, -0.25) is 4.79 Å². The molecule has 0 heterocycles. The van der Waals surface area contributed by atoms with Crippen molar-refractivity contribution in [1.29, 1.82) is 0 Å². The molecular weight excluding hydrogens is 260 g/mol. The first kappa shape index (κ1) is 14.3. The molecule has 1 aromatic carbocycles. The zero-order valence-corrected chi connectivity index (χ0v) is 12.1. The molecule has 2 rings (SSSR count). The summed E-state index contributed by atoms with van der Waals surface area (Å²) in [5.41, 5.74) is 0.609. The van der Waals surface area contributed by atoms with Crippen molar-refractivity contribution in [3.8, 4) is 0 Å². The minimum absolute atomic E-state index is 0.0413. The molecule has 0 bridgehead atoms. The van der Waals surface area contributed by atoms with Gasteiger partial charge >= 0.3 is 0 Å². The molecule has 1 fully saturated rings. The Labute approximate surface area is 114 Å². The van der Waals surface area contributed by atoms with Crippen molar-refractivity contribution < 1.29 is 13.2 Å². The standard InChI is InChI=1S/C15H20O3S/c1-19(17,18)12-9-14(16)15(10-5-6-11-15)13-7-3-2-4-8-13/h2-4,7-8H,5-6,9-12H2,1H3. The SMILES string of the molecule is CS(=O)(=O)CCC(=O)C1(c2ccccc2)CCCC1. The van der Waals surface area contributed by atoms with E-state index in [1.54, 1.807) is 0 Å². The van der Waals surface area contributed by atoms with Crippen LogP contribution in [-0.4, -0.2) is 26.2 Å². The number of rotatable bonds is 5. The van der Waals surface area contributed by atoms with Crippen LogP contribution >= 0.6 is 0 Å². The second kappa shape index (κ2) is 5.45. The third-order valence-electron chi connectivity index (χ3n) is 4.02. The van der Waals surface area contributed by atoms with Crippen molar-refractivity contribution >= 4 is 15.6 Å². The molecular formula is C15H20O3S. The third-order valence-corrected chi connectivity index (χ3v) is 4.96. The van der Waals surface area contributed by atoms with Crippen LogP contribution in [0.2, 0.25) is 0 Å². The molecule has 0 amide bonds. The lowest BCUT2D eigenvalue weighted by Crippen LogP contribution is -2.34. The fourth-order valence-corrected chi connectivity index (χ4v) is 3.54. The van der Waals surface area contributed by atoms with Crippen LogP contribution in [0.5, 0.6) is 0 Å². The van der Waals surface area contributed by atoms with Crippen molar-refractivity contribution in [3.05, 3.63) is 35.9 Å². The van der Waals surface area contributed by atoms with Crippen LogP contribution in [0.1, 0.15) is 37.7 Å². The van der Waals surface area contributed by atoms with Gasteiger partial charge in [0, 0.05) is 12.7 Å². The van der Waals surface area contributed by atoms with E-state index in [4.69, 9.17) is 0 Å². The van der Waals surface area contributed by atoms with Crippen molar-refractivity contribution in [3.63, 3.8) is 0 Å². The maximum Gasteiger partial charge on any atom is 0.147 e. The molecule has 0 spiro atoms. The van der Waals surface area contributed by atoms with Gasteiger partial charge in [0.05, 0.1) is 11.2 Å². The van der Waals surface area contributed by atoms with E-state index in [2.05, 4.69) is 0 Å². The van der Waals surface area contributed by atoms with Gasteiger partial charge in [-0.05, 0) is 18.4 Å². The molecule has 1 aliphatic carbocycles. The molecule has 104 valence electrons. The lowest BCUT2D eigenvalue weighted by atomic mass is 9.74. The first-order valence-electron chi connectivity index (χ1n) is 6.71. The van der Waals surface area contributed by atoms with E-state index in [0.29, 0.717) is 0 Å². The Morgan fingerprint density at radius 2 is 1.74 bits per heavy atom. The molecule has 19 heavy (non-hydrogen) atoms. The van der Waals surface area contributed by atoms with Crippen LogP contribution < -0.4 is 0 Å². The van der Waals surface area contributed by atoms with Crippen molar-refractivity contribution in [2.75, 3.05) is 12.0 Å². The van der Waals surface area contributed by atoms with Crippen LogP contribution in [0.4, 0.5) is 0 Å². The number of carbonyl (C=O) groups is 1. The molecule has 0 N–H and O–H groups in total. The summed E-state index contributed by atoms with van der Waals surface area (Å²) in [6.07, 6.45) is 5.09. The second-order valence-corrected chi connectivity index (χ2v) is 7.72. The number of hydrogen-bond donors (Lipinski definition) is 0. The number of Topliss-reactive ketones (excluding diaryl/α,β-unsaturated/α-hetero) is 1. The topological polar surface area (TPSA) is 51.2 Å². The number of benzene rings is 1. The summed E-state index contributed by atoms with van der Waals surface area (Å²) in [5, 5.41) is 0. The quantitative estimate of drug-likeness (QED) is 0.832. The van der Waals surface area contributed by atoms with Crippen LogP contribution in [0, 0.1) is 0 Å². The zero-order chi connectivity index (χ0) is 13.9. The summed E-state index contributed by atoms with van der Waals surface area (Å²) >= 11 is 0. The molecule has 0 unspecified atom stereocenters. The van der Waals surface area contributed by atoms with Crippen molar-refractivity contribution in [2.24, 2.45) is 0 Å². The molecule has 0 radical (unpaired) electrons. The molecule has 1 aromatic rings. The zero-order valence-electron chi connectivity index (χ0n) is 11.3. The monoisotopic (exact) mass is 280 g/mol. The summed E-state index contributed by atoms with van der Waals surface area (Å²) in [6.45, 7) is 0. The van der Waals surface area contributed by atoms with E-state index in [0.717, 1.165) is 31.2 Å².